The molecule has 1 radical (unpaired) electrons. The zero-order valence-electron chi connectivity index (χ0n) is 8.84. The Bertz CT molecular complexity index is 307. The Hall–Kier alpha value is -0.340. The van der Waals surface area contributed by atoms with Crippen molar-refractivity contribution in [2.24, 2.45) is 0 Å². The van der Waals surface area contributed by atoms with Gasteiger partial charge in [0.2, 0.25) is 0 Å². The van der Waals surface area contributed by atoms with Crippen LogP contribution in [-0.4, -0.2) is 11.7 Å². The molecule has 0 aliphatic carbocycles. The van der Waals surface area contributed by atoms with Crippen LogP contribution < -0.4 is 0 Å². The number of hydrogen-bond acceptors (Lipinski definition) is 1. The summed E-state index contributed by atoms with van der Waals surface area (Å²) in [5.74, 6) is 1.52. The van der Waals surface area contributed by atoms with E-state index < -0.39 is 0 Å². The molecular weight excluding hydrogens is 240 g/mol. The first kappa shape index (κ1) is 11.7. The first-order valence-electron chi connectivity index (χ1n) is 4.79. The van der Waals surface area contributed by atoms with E-state index in [9.17, 15) is 0 Å². The first-order chi connectivity index (χ1) is 6.56. The lowest BCUT2D eigenvalue weighted by atomic mass is 9.97. The normalized spacial score (nSPS) is 11.4. The largest absolute Gasteiger partial charge is 0.395 e. The number of aliphatic hydroxyl groups excluding tert-OH is 1. The van der Waals surface area contributed by atoms with Crippen molar-refractivity contribution in [2.75, 3.05) is 6.61 Å². The van der Waals surface area contributed by atoms with Gasteiger partial charge in [-0.05, 0) is 23.1 Å². The summed E-state index contributed by atoms with van der Waals surface area (Å²) in [5.41, 5.74) is 2.41. The van der Waals surface area contributed by atoms with Crippen LogP contribution in [0.15, 0.2) is 22.7 Å². The predicted molar refractivity (Wildman–Crippen MR) is 63.3 cm³/mol. The van der Waals surface area contributed by atoms with Crippen LogP contribution in [0.25, 0.3) is 0 Å². The zero-order valence-corrected chi connectivity index (χ0v) is 10.4. The predicted octanol–water partition coefficient (Wildman–Crippen LogP) is 3.51. The maximum absolute atomic E-state index is 9.01. The Morgan fingerprint density at radius 3 is 2.50 bits per heavy atom. The van der Waals surface area contributed by atoms with Gasteiger partial charge >= 0.3 is 0 Å². The minimum atomic E-state index is 0.119. The summed E-state index contributed by atoms with van der Waals surface area (Å²) in [7, 11) is 0. The second-order valence-electron chi connectivity index (χ2n) is 3.83. The van der Waals surface area contributed by atoms with Crippen molar-refractivity contribution < 1.29 is 5.11 Å². The van der Waals surface area contributed by atoms with Gasteiger partial charge in [-0.1, -0.05) is 48.8 Å². The van der Waals surface area contributed by atoms with Crippen molar-refractivity contribution in [1.29, 1.82) is 0 Å². The van der Waals surface area contributed by atoms with Gasteiger partial charge in [0.25, 0.3) is 0 Å². The number of hydrogen-bond donors (Lipinski definition) is 1. The summed E-state index contributed by atoms with van der Waals surface area (Å²) in [5, 5.41) is 9.01. The molecule has 14 heavy (non-hydrogen) atoms. The molecule has 77 valence electrons. The highest BCUT2D eigenvalue weighted by atomic mass is 79.9. The molecule has 0 aromatic heterocycles. The molecule has 0 spiro atoms. The van der Waals surface area contributed by atoms with E-state index >= 15 is 0 Å². The zero-order chi connectivity index (χ0) is 10.7. The van der Waals surface area contributed by atoms with Gasteiger partial charge < -0.3 is 5.11 Å². The minimum absolute atomic E-state index is 0.119. The van der Waals surface area contributed by atoms with Gasteiger partial charge in [0, 0.05) is 10.4 Å². The maximum atomic E-state index is 9.01. The van der Waals surface area contributed by atoms with E-state index in [0.29, 0.717) is 5.92 Å². The van der Waals surface area contributed by atoms with Crippen LogP contribution in [0.4, 0.5) is 0 Å². The molecule has 0 bridgehead atoms. The fourth-order valence-corrected chi connectivity index (χ4v) is 2.19. The molecule has 2 heteroatoms. The van der Waals surface area contributed by atoms with E-state index in [2.05, 4.69) is 48.0 Å². The topological polar surface area (TPSA) is 20.2 Å². The van der Waals surface area contributed by atoms with Gasteiger partial charge in [0.05, 0.1) is 6.61 Å². The lowest BCUT2D eigenvalue weighted by molar-refractivity contribution is 0.315. The molecule has 1 aromatic rings. The van der Waals surface area contributed by atoms with E-state index in [4.69, 9.17) is 5.11 Å². The molecule has 0 fully saturated rings. The van der Waals surface area contributed by atoms with Crippen LogP contribution in [0.1, 0.15) is 37.8 Å². The van der Waals surface area contributed by atoms with Crippen molar-refractivity contribution in [1.82, 2.24) is 0 Å². The highest BCUT2D eigenvalue weighted by Gasteiger charge is 2.09. The molecule has 0 heterocycles. The van der Waals surface area contributed by atoms with Crippen molar-refractivity contribution in [3.63, 3.8) is 0 Å². The van der Waals surface area contributed by atoms with Gasteiger partial charge in [-0.2, -0.15) is 0 Å². The Morgan fingerprint density at radius 1 is 1.43 bits per heavy atom. The van der Waals surface area contributed by atoms with E-state index in [1.54, 1.807) is 0 Å². The minimum Gasteiger partial charge on any atom is -0.395 e. The standard InChI is InChI=1S/C12H16BrO/c1-8(2)11-5-4-10(6-12(11)13)9(3)7-14/h4-6,8,14H,7H2,1-3H3. The van der Waals surface area contributed by atoms with Crippen LogP contribution in [0.5, 0.6) is 0 Å². The Balaban J connectivity index is 3.00. The van der Waals surface area contributed by atoms with Crippen molar-refractivity contribution in [3.8, 4) is 0 Å². The average molecular weight is 256 g/mol. The number of benzene rings is 1. The fraction of sp³-hybridized carbons (Fsp3) is 0.417. The Kier molecular flexibility index (Phi) is 4.14. The molecule has 0 atom stereocenters. The molecular formula is C12H16BrO. The third kappa shape index (κ3) is 2.58. The van der Waals surface area contributed by atoms with Gasteiger partial charge in [-0.25, -0.2) is 0 Å². The summed E-state index contributed by atoms with van der Waals surface area (Å²) in [4.78, 5) is 0. The molecule has 0 aliphatic heterocycles. The number of rotatable bonds is 3. The van der Waals surface area contributed by atoms with Crippen molar-refractivity contribution in [3.05, 3.63) is 39.7 Å². The third-order valence-electron chi connectivity index (χ3n) is 2.35. The van der Waals surface area contributed by atoms with Crippen LogP contribution in [-0.2, 0) is 0 Å². The van der Waals surface area contributed by atoms with Crippen molar-refractivity contribution in [2.45, 2.75) is 26.7 Å². The SMILES string of the molecule is C[C](CO)c1ccc(C(C)C)c(Br)c1. The molecule has 0 saturated heterocycles. The van der Waals surface area contributed by atoms with E-state index in [1.165, 1.54) is 5.56 Å². The van der Waals surface area contributed by atoms with Crippen molar-refractivity contribution >= 4 is 15.9 Å². The first-order valence-corrected chi connectivity index (χ1v) is 5.58. The molecule has 1 aromatic carbocycles. The molecule has 1 N–H and O–H groups in total. The van der Waals surface area contributed by atoms with Crippen LogP contribution in [0.2, 0.25) is 0 Å². The molecule has 0 saturated carbocycles. The second-order valence-corrected chi connectivity index (χ2v) is 4.68. The fourth-order valence-electron chi connectivity index (χ4n) is 1.35. The van der Waals surface area contributed by atoms with Gasteiger partial charge in [-0.3, -0.25) is 0 Å². The van der Waals surface area contributed by atoms with E-state index in [1.807, 2.05) is 6.92 Å². The Morgan fingerprint density at radius 2 is 2.07 bits per heavy atom. The van der Waals surface area contributed by atoms with Gasteiger partial charge in [0.15, 0.2) is 0 Å². The van der Waals surface area contributed by atoms with Crippen LogP contribution in [0, 0.1) is 5.92 Å². The molecule has 1 rings (SSSR count). The highest BCUT2D eigenvalue weighted by molar-refractivity contribution is 9.10. The second kappa shape index (κ2) is 4.94. The smallest absolute Gasteiger partial charge is 0.0534 e. The average Bonchev–Trinajstić information content (AvgIpc) is 2.15. The van der Waals surface area contributed by atoms with E-state index in [0.717, 1.165) is 16.0 Å². The number of halogens is 1. The summed E-state index contributed by atoms with van der Waals surface area (Å²) in [6.07, 6.45) is 0. The molecule has 0 amide bonds. The maximum Gasteiger partial charge on any atom is 0.0534 e. The lowest BCUT2D eigenvalue weighted by Gasteiger charge is -2.12. The van der Waals surface area contributed by atoms with Gasteiger partial charge in [-0.15, -0.1) is 0 Å². The quantitative estimate of drug-likeness (QED) is 0.877. The molecule has 0 unspecified atom stereocenters. The third-order valence-corrected chi connectivity index (χ3v) is 3.04. The van der Waals surface area contributed by atoms with Crippen LogP contribution in [0.3, 0.4) is 0 Å². The lowest BCUT2D eigenvalue weighted by Crippen LogP contribution is -2.01. The van der Waals surface area contributed by atoms with E-state index in [-0.39, 0.29) is 6.61 Å². The highest BCUT2D eigenvalue weighted by Crippen LogP contribution is 2.27. The molecule has 0 aliphatic rings. The van der Waals surface area contributed by atoms with Crippen LogP contribution >= 0.6 is 15.9 Å². The number of aliphatic hydroxyl groups is 1. The summed E-state index contributed by atoms with van der Waals surface area (Å²) in [6, 6.07) is 6.25. The summed E-state index contributed by atoms with van der Waals surface area (Å²) < 4.78 is 1.12. The van der Waals surface area contributed by atoms with Gasteiger partial charge in [0.1, 0.15) is 0 Å². The monoisotopic (exact) mass is 255 g/mol. The summed E-state index contributed by atoms with van der Waals surface area (Å²) in [6.45, 7) is 6.40. The molecule has 1 nitrogen and oxygen atoms in total. The Labute approximate surface area is 94.3 Å². The summed E-state index contributed by atoms with van der Waals surface area (Å²) >= 11 is 3.55.